The molecule has 3 rings (SSSR count). The van der Waals surface area contributed by atoms with Gasteiger partial charge in [-0.15, -0.1) is 0 Å². The number of methoxy groups -OCH3 is 1. The normalized spacial score (nSPS) is 11.4. The molecule has 0 heterocycles. The van der Waals surface area contributed by atoms with Crippen molar-refractivity contribution in [2.75, 3.05) is 17.1 Å². The van der Waals surface area contributed by atoms with Crippen LogP contribution < -0.4 is 19.5 Å². The maximum absolute atomic E-state index is 12.7. The van der Waals surface area contributed by atoms with Crippen molar-refractivity contribution in [1.82, 2.24) is 4.72 Å². The van der Waals surface area contributed by atoms with Crippen molar-refractivity contribution in [3.05, 3.63) is 78.4 Å². The quantitative estimate of drug-likeness (QED) is 0.481. The summed E-state index contributed by atoms with van der Waals surface area (Å²) in [5.41, 5.74) is 0.999. The molecular formula is C21H21N3O6S2. The lowest BCUT2D eigenvalue weighted by molar-refractivity contribution is 0.256. The first kappa shape index (κ1) is 23.1. The molecule has 0 unspecified atom stereocenters. The molecule has 0 bridgehead atoms. The summed E-state index contributed by atoms with van der Waals surface area (Å²) in [7, 11) is -6.61. The number of carbonyl (C=O) groups is 1. The molecule has 32 heavy (non-hydrogen) atoms. The number of sulfonamides is 2. The molecule has 0 aliphatic rings. The highest BCUT2D eigenvalue weighted by atomic mass is 32.2. The summed E-state index contributed by atoms with van der Waals surface area (Å²) in [6, 6.07) is 16.7. The highest BCUT2D eigenvalue weighted by molar-refractivity contribution is 7.92. The molecule has 0 spiro atoms. The van der Waals surface area contributed by atoms with Gasteiger partial charge in [-0.25, -0.2) is 26.4 Å². The molecular weight excluding hydrogens is 454 g/mol. The molecule has 0 atom stereocenters. The number of aryl methyl sites for hydroxylation is 1. The van der Waals surface area contributed by atoms with E-state index in [0.29, 0.717) is 5.75 Å². The second kappa shape index (κ2) is 9.28. The molecule has 0 radical (unpaired) electrons. The zero-order valence-electron chi connectivity index (χ0n) is 17.2. The largest absolute Gasteiger partial charge is 0.497 e. The number of benzene rings is 3. The van der Waals surface area contributed by atoms with Gasteiger partial charge in [0.2, 0.25) is 0 Å². The van der Waals surface area contributed by atoms with E-state index in [1.807, 2.05) is 4.72 Å². The SMILES string of the molecule is COc1ccc(S(=O)(=O)Nc2ccccc2NC(=O)NS(=O)(=O)c2ccc(C)cc2)cc1. The van der Waals surface area contributed by atoms with Gasteiger partial charge in [0.1, 0.15) is 5.75 Å². The fourth-order valence-electron chi connectivity index (χ4n) is 2.69. The van der Waals surface area contributed by atoms with E-state index >= 15 is 0 Å². The summed E-state index contributed by atoms with van der Waals surface area (Å²) < 4.78 is 59.5. The highest BCUT2D eigenvalue weighted by Crippen LogP contribution is 2.25. The van der Waals surface area contributed by atoms with Crippen LogP contribution in [0.15, 0.2) is 82.6 Å². The van der Waals surface area contributed by atoms with Crippen LogP contribution in [0, 0.1) is 6.92 Å². The Labute approximate surface area is 186 Å². The Morgan fingerprint density at radius 1 is 0.750 bits per heavy atom. The summed E-state index contributed by atoms with van der Waals surface area (Å²) in [6.07, 6.45) is 0. The first-order valence-corrected chi connectivity index (χ1v) is 12.2. The zero-order chi connectivity index (χ0) is 23.4. The van der Waals surface area contributed by atoms with Gasteiger partial charge in [0.25, 0.3) is 20.0 Å². The molecule has 3 aromatic rings. The molecule has 0 saturated heterocycles. The Hall–Kier alpha value is -3.57. The van der Waals surface area contributed by atoms with E-state index in [1.165, 1.54) is 55.6 Å². The van der Waals surface area contributed by atoms with Gasteiger partial charge in [-0.1, -0.05) is 29.8 Å². The van der Waals surface area contributed by atoms with E-state index in [2.05, 4.69) is 10.0 Å². The predicted molar refractivity (Wildman–Crippen MR) is 121 cm³/mol. The van der Waals surface area contributed by atoms with Gasteiger partial charge in [0.15, 0.2) is 0 Å². The number of hydrogen-bond acceptors (Lipinski definition) is 6. The van der Waals surface area contributed by atoms with Crippen LogP contribution in [0.1, 0.15) is 5.56 Å². The van der Waals surface area contributed by atoms with E-state index in [-0.39, 0.29) is 21.2 Å². The van der Waals surface area contributed by atoms with E-state index < -0.39 is 26.1 Å². The van der Waals surface area contributed by atoms with Gasteiger partial charge >= 0.3 is 6.03 Å². The standard InChI is InChI=1S/C21H21N3O6S2/c1-15-7-11-17(12-8-15)32(28,29)24-21(25)22-19-5-3-4-6-20(19)23-31(26,27)18-13-9-16(30-2)10-14-18/h3-14,23H,1-2H3,(H2,22,24,25). The fraction of sp³-hybridized carbons (Fsp3) is 0.0952. The van der Waals surface area contributed by atoms with Crippen LogP contribution in [-0.2, 0) is 20.0 Å². The van der Waals surface area contributed by atoms with Gasteiger partial charge in [0, 0.05) is 0 Å². The number of para-hydroxylation sites is 2. The number of amides is 2. The van der Waals surface area contributed by atoms with Gasteiger partial charge in [-0.2, -0.15) is 0 Å². The smallest absolute Gasteiger partial charge is 0.333 e. The maximum Gasteiger partial charge on any atom is 0.333 e. The van der Waals surface area contributed by atoms with E-state index in [9.17, 15) is 21.6 Å². The van der Waals surface area contributed by atoms with Gasteiger partial charge in [-0.3, -0.25) is 4.72 Å². The van der Waals surface area contributed by atoms with Gasteiger partial charge in [-0.05, 0) is 55.5 Å². The predicted octanol–water partition coefficient (Wildman–Crippen LogP) is 3.31. The average Bonchev–Trinajstić information content (AvgIpc) is 2.75. The van der Waals surface area contributed by atoms with Gasteiger partial charge in [0.05, 0.1) is 28.3 Å². The number of hydrogen-bond donors (Lipinski definition) is 3. The van der Waals surface area contributed by atoms with E-state index in [1.54, 1.807) is 31.2 Å². The van der Waals surface area contributed by atoms with Crippen molar-refractivity contribution in [3.63, 3.8) is 0 Å². The molecule has 0 aliphatic heterocycles. The Morgan fingerprint density at radius 2 is 1.28 bits per heavy atom. The van der Waals surface area contributed by atoms with Crippen LogP contribution in [0.2, 0.25) is 0 Å². The molecule has 168 valence electrons. The molecule has 0 aliphatic carbocycles. The topological polar surface area (TPSA) is 131 Å². The van der Waals surface area contributed by atoms with Crippen molar-refractivity contribution in [2.24, 2.45) is 0 Å². The molecule has 3 N–H and O–H groups in total. The lowest BCUT2D eigenvalue weighted by Crippen LogP contribution is -2.34. The van der Waals surface area contributed by atoms with Crippen LogP contribution >= 0.6 is 0 Å². The monoisotopic (exact) mass is 475 g/mol. The Balaban J connectivity index is 1.77. The summed E-state index contributed by atoms with van der Waals surface area (Å²) in [5, 5.41) is 2.36. The number of rotatable bonds is 7. The van der Waals surface area contributed by atoms with Crippen LogP contribution in [0.4, 0.5) is 16.2 Å². The molecule has 3 aromatic carbocycles. The third-order valence-corrected chi connectivity index (χ3v) is 7.08. The number of anilines is 2. The molecule has 11 heteroatoms. The van der Waals surface area contributed by atoms with Crippen LogP contribution in [0.3, 0.4) is 0 Å². The van der Waals surface area contributed by atoms with Crippen molar-refractivity contribution < 1.29 is 26.4 Å². The zero-order valence-corrected chi connectivity index (χ0v) is 18.8. The van der Waals surface area contributed by atoms with Crippen LogP contribution in [0.25, 0.3) is 0 Å². The summed E-state index contributed by atoms with van der Waals surface area (Å²) in [5.74, 6) is 0.498. The fourth-order valence-corrected chi connectivity index (χ4v) is 4.67. The van der Waals surface area contributed by atoms with Crippen LogP contribution in [-0.4, -0.2) is 30.0 Å². The number of ether oxygens (including phenoxy) is 1. The highest BCUT2D eigenvalue weighted by Gasteiger charge is 2.20. The second-order valence-corrected chi connectivity index (χ2v) is 10.1. The van der Waals surface area contributed by atoms with Crippen LogP contribution in [0.5, 0.6) is 5.75 Å². The van der Waals surface area contributed by atoms with Crippen molar-refractivity contribution in [3.8, 4) is 5.75 Å². The van der Waals surface area contributed by atoms with Crippen molar-refractivity contribution >= 4 is 37.5 Å². The first-order valence-electron chi connectivity index (χ1n) is 9.27. The number of urea groups is 1. The summed E-state index contributed by atoms with van der Waals surface area (Å²) in [4.78, 5) is 12.2. The third kappa shape index (κ3) is 5.56. The molecule has 0 aromatic heterocycles. The summed E-state index contributed by atoms with van der Waals surface area (Å²) in [6.45, 7) is 1.81. The Kier molecular flexibility index (Phi) is 6.70. The maximum atomic E-state index is 12.7. The first-order chi connectivity index (χ1) is 15.1. The van der Waals surface area contributed by atoms with E-state index in [4.69, 9.17) is 4.74 Å². The average molecular weight is 476 g/mol. The lowest BCUT2D eigenvalue weighted by atomic mass is 10.2. The second-order valence-electron chi connectivity index (χ2n) is 6.70. The number of nitrogens with one attached hydrogen (secondary N) is 3. The van der Waals surface area contributed by atoms with E-state index in [0.717, 1.165) is 5.56 Å². The molecule has 0 fully saturated rings. The lowest BCUT2D eigenvalue weighted by Gasteiger charge is -2.14. The Morgan fingerprint density at radius 3 is 1.88 bits per heavy atom. The van der Waals surface area contributed by atoms with Crippen molar-refractivity contribution in [2.45, 2.75) is 16.7 Å². The number of carbonyl (C=O) groups excluding carboxylic acids is 1. The Bertz CT molecular complexity index is 1320. The molecule has 2 amide bonds. The third-order valence-electron chi connectivity index (χ3n) is 4.35. The van der Waals surface area contributed by atoms with Gasteiger partial charge < -0.3 is 10.1 Å². The minimum absolute atomic E-state index is 0.0143. The molecule has 9 nitrogen and oxygen atoms in total. The van der Waals surface area contributed by atoms with Crippen molar-refractivity contribution in [1.29, 1.82) is 0 Å². The molecule has 0 saturated carbocycles. The summed E-state index contributed by atoms with van der Waals surface area (Å²) >= 11 is 0. The minimum Gasteiger partial charge on any atom is -0.497 e. The minimum atomic E-state index is -4.11.